The smallest absolute Gasteiger partial charge is 0.338 e. The van der Waals surface area contributed by atoms with Crippen LogP contribution < -0.4 is 11.3 Å². The summed E-state index contributed by atoms with van der Waals surface area (Å²) in [6.45, 7) is 1.67. The molecule has 2 aromatic heterocycles. The van der Waals surface area contributed by atoms with Gasteiger partial charge in [0, 0.05) is 11.8 Å². The summed E-state index contributed by atoms with van der Waals surface area (Å²) >= 11 is 0.965. The zero-order valence-corrected chi connectivity index (χ0v) is 10.7. The number of carboxylic acids is 1. The van der Waals surface area contributed by atoms with E-state index in [1.807, 2.05) is 0 Å². The van der Waals surface area contributed by atoms with E-state index in [0.717, 1.165) is 11.8 Å². The molecule has 0 saturated carbocycles. The topological polar surface area (TPSA) is 122 Å². The average Bonchev–Trinajstić information content (AvgIpc) is 2.30. The van der Waals surface area contributed by atoms with E-state index >= 15 is 0 Å². The van der Waals surface area contributed by atoms with Crippen LogP contribution in [0.15, 0.2) is 33.3 Å². The van der Waals surface area contributed by atoms with Gasteiger partial charge in [-0.05, 0) is 24.8 Å². The largest absolute Gasteiger partial charge is 0.478 e. The van der Waals surface area contributed by atoms with Gasteiger partial charge in [-0.2, -0.15) is 0 Å². The van der Waals surface area contributed by atoms with Crippen LogP contribution in [0.1, 0.15) is 16.1 Å². The van der Waals surface area contributed by atoms with Crippen LogP contribution in [0, 0.1) is 6.92 Å². The molecule has 0 aliphatic rings. The first-order valence-corrected chi connectivity index (χ1v) is 6.02. The Morgan fingerprint density at radius 1 is 1.47 bits per heavy atom. The molecule has 19 heavy (non-hydrogen) atoms. The molecular formula is C11H10N4O3S. The van der Waals surface area contributed by atoms with Crippen LogP contribution in [-0.4, -0.2) is 26.0 Å². The maximum absolute atomic E-state index is 11.3. The molecule has 0 unspecified atom stereocenters. The molecule has 0 spiro atoms. The van der Waals surface area contributed by atoms with Gasteiger partial charge in [0.2, 0.25) is 0 Å². The maximum Gasteiger partial charge on any atom is 0.338 e. The van der Waals surface area contributed by atoms with Crippen molar-refractivity contribution in [2.75, 3.05) is 5.73 Å². The Hall–Kier alpha value is -2.35. The van der Waals surface area contributed by atoms with E-state index in [1.165, 1.54) is 18.3 Å². The quantitative estimate of drug-likeness (QED) is 0.713. The number of nitrogen functional groups attached to an aromatic ring is 1. The molecule has 0 aliphatic heterocycles. The van der Waals surface area contributed by atoms with Crippen molar-refractivity contribution in [3.8, 4) is 0 Å². The van der Waals surface area contributed by atoms with Crippen molar-refractivity contribution < 1.29 is 9.90 Å². The number of rotatable bonds is 3. The molecule has 0 radical (unpaired) electrons. The summed E-state index contributed by atoms with van der Waals surface area (Å²) in [6, 6.07) is 2.66. The highest BCUT2D eigenvalue weighted by molar-refractivity contribution is 7.99. The highest BCUT2D eigenvalue weighted by atomic mass is 32.2. The van der Waals surface area contributed by atoms with E-state index in [2.05, 4.69) is 15.0 Å². The third-order valence-corrected chi connectivity index (χ3v) is 3.05. The van der Waals surface area contributed by atoms with E-state index in [0.29, 0.717) is 5.69 Å². The fourth-order valence-electron chi connectivity index (χ4n) is 1.39. The number of carboxylic acid groups (broad SMARTS) is 1. The lowest BCUT2D eigenvalue weighted by atomic mass is 10.3. The lowest BCUT2D eigenvalue weighted by Crippen LogP contribution is -2.09. The lowest BCUT2D eigenvalue weighted by molar-refractivity contribution is 0.0692. The molecule has 7 nitrogen and oxygen atoms in total. The number of aromatic nitrogens is 3. The number of nitrogens with two attached hydrogens (primary N) is 1. The number of H-pyrrole nitrogens is 1. The van der Waals surface area contributed by atoms with Crippen molar-refractivity contribution in [2.24, 2.45) is 0 Å². The standard InChI is InChI=1S/C11H10N4O3S/c1-5-2-8(16)15-11(14-5)19-9-7(10(17)18)3-6(12)4-13-9/h2-4H,12H2,1H3,(H,17,18)(H,14,15,16). The number of aromatic carboxylic acids is 1. The van der Waals surface area contributed by atoms with E-state index in [1.54, 1.807) is 6.92 Å². The monoisotopic (exact) mass is 278 g/mol. The van der Waals surface area contributed by atoms with Crippen LogP contribution in [0.2, 0.25) is 0 Å². The van der Waals surface area contributed by atoms with Gasteiger partial charge in [-0.3, -0.25) is 4.79 Å². The molecule has 2 aromatic rings. The second-order valence-electron chi connectivity index (χ2n) is 3.72. The molecule has 0 atom stereocenters. The number of hydrogen-bond donors (Lipinski definition) is 3. The van der Waals surface area contributed by atoms with E-state index in [4.69, 9.17) is 10.8 Å². The summed E-state index contributed by atoms with van der Waals surface area (Å²) in [5, 5.41) is 9.58. The van der Waals surface area contributed by atoms with Crippen LogP contribution >= 0.6 is 11.8 Å². The van der Waals surface area contributed by atoms with E-state index in [-0.39, 0.29) is 27.0 Å². The van der Waals surface area contributed by atoms with Gasteiger partial charge in [0.25, 0.3) is 5.56 Å². The first-order valence-electron chi connectivity index (χ1n) is 5.20. The van der Waals surface area contributed by atoms with Gasteiger partial charge in [-0.15, -0.1) is 0 Å². The predicted octanol–water partition coefficient (Wildman–Crippen LogP) is 0.905. The summed E-state index contributed by atoms with van der Waals surface area (Å²) in [4.78, 5) is 33.0. The number of anilines is 1. The van der Waals surface area contributed by atoms with Crippen molar-refractivity contribution in [1.82, 2.24) is 15.0 Å². The SMILES string of the molecule is Cc1cc(=O)[nH]c(Sc2ncc(N)cc2C(=O)O)n1. The summed E-state index contributed by atoms with van der Waals surface area (Å²) in [5.74, 6) is -1.14. The molecule has 0 amide bonds. The second kappa shape index (κ2) is 5.11. The first-order chi connectivity index (χ1) is 8.95. The van der Waals surface area contributed by atoms with Crippen LogP contribution in [-0.2, 0) is 0 Å². The Labute approximate surface area is 111 Å². The second-order valence-corrected chi connectivity index (χ2v) is 4.70. The van der Waals surface area contributed by atoms with Gasteiger partial charge in [-0.25, -0.2) is 14.8 Å². The minimum absolute atomic E-state index is 0.0332. The molecule has 8 heteroatoms. The molecule has 98 valence electrons. The fourth-order valence-corrected chi connectivity index (χ4v) is 2.28. The van der Waals surface area contributed by atoms with Crippen molar-refractivity contribution in [3.63, 3.8) is 0 Å². The predicted molar refractivity (Wildman–Crippen MR) is 69.3 cm³/mol. The molecule has 0 fully saturated rings. The number of hydrogen-bond acceptors (Lipinski definition) is 6. The number of nitrogens with one attached hydrogen (secondary N) is 1. The van der Waals surface area contributed by atoms with Crippen LogP contribution in [0.25, 0.3) is 0 Å². The van der Waals surface area contributed by atoms with Crippen molar-refractivity contribution in [3.05, 3.63) is 39.9 Å². The molecule has 0 aromatic carbocycles. The summed E-state index contributed by atoms with van der Waals surface area (Å²) in [5.41, 5.74) is 5.96. The highest BCUT2D eigenvalue weighted by Gasteiger charge is 2.14. The van der Waals surface area contributed by atoms with Crippen LogP contribution in [0.4, 0.5) is 5.69 Å². The lowest BCUT2D eigenvalue weighted by Gasteiger charge is -2.05. The molecule has 0 aliphatic carbocycles. The third-order valence-electron chi connectivity index (χ3n) is 2.14. The van der Waals surface area contributed by atoms with Gasteiger partial charge < -0.3 is 15.8 Å². The summed E-state index contributed by atoms with van der Waals surface area (Å²) in [6.07, 6.45) is 1.35. The number of carbonyl (C=O) groups is 1. The molecule has 2 heterocycles. The summed E-state index contributed by atoms with van der Waals surface area (Å²) < 4.78 is 0. The normalized spacial score (nSPS) is 10.4. The maximum atomic E-state index is 11.3. The molecule has 0 saturated heterocycles. The van der Waals surface area contributed by atoms with Crippen molar-refractivity contribution in [2.45, 2.75) is 17.1 Å². The number of pyridine rings is 1. The van der Waals surface area contributed by atoms with Gasteiger partial charge in [0.1, 0.15) is 5.03 Å². The Morgan fingerprint density at radius 2 is 2.21 bits per heavy atom. The average molecular weight is 278 g/mol. The molecule has 4 N–H and O–H groups in total. The Kier molecular flexibility index (Phi) is 3.52. The number of aryl methyl sites for hydroxylation is 1. The number of nitrogens with zero attached hydrogens (tertiary/aromatic N) is 2. The van der Waals surface area contributed by atoms with Gasteiger partial charge >= 0.3 is 5.97 Å². The third kappa shape index (κ3) is 3.10. The van der Waals surface area contributed by atoms with Crippen LogP contribution in [0.5, 0.6) is 0 Å². The Balaban J connectivity index is 2.43. The Bertz CT molecular complexity index is 699. The van der Waals surface area contributed by atoms with Gasteiger partial charge in [-0.1, -0.05) is 0 Å². The number of aromatic amines is 1. The Morgan fingerprint density at radius 3 is 2.84 bits per heavy atom. The minimum atomic E-state index is -1.14. The van der Waals surface area contributed by atoms with Crippen LogP contribution in [0.3, 0.4) is 0 Å². The zero-order valence-electron chi connectivity index (χ0n) is 9.88. The zero-order chi connectivity index (χ0) is 14.0. The van der Waals surface area contributed by atoms with E-state index < -0.39 is 5.97 Å². The fraction of sp³-hybridized carbons (Fsp3) is 0.0909. The molecule has 2 rings (SSSR count). The molecule has 0 bridgehead atoms. The van der Waals surface area contributed by atoms with E-state index in [9.17, 15) is 9.59 Å². The van der Waals surface area contributed by atoms with Gasteiger partial charge in [0.05, 0.1) is 17.4 Å². The minimum Gasteiger partial charge on any atom is -0.478 e. The summed E-state index contributed by atoms with van der Waals surface area (Å²) in [7, 11) is 0. The highest BCUT2D eigenvalue weighted by Crippen LogP contribution is 2.26. The molecular weight excluding hydrogens is 268 g/mol. The first kappa shape index (κ1) is 13.1. The van der Waals surface area contributed by atoms with Gasteiger partial charge in [0.15, 0.2) is 5.16 Å². The van der Waals surface area contributed by atoms with Crippen molar-refractivity contribution in [1.29, 1.82) is 0 Å². The van der Waals surface area contributed by atoms with Crippen molar-refractivity contribution >= 4 is 23.4 Å².